The summed E-state index contributed by atoms with van der Waals surface area (Å²) >= 11 is 0. The second-order valence-corrected chi connectivity index (χ2v) is 4.58. The fourth-order valence-electron chi connectivity index (χ4n) is 2.32. The number of rotatable bonds is 3. The van der Waals surface area contributed by atoms with E-state index in [4.69, 9.17) is 4.74 Å². The Morgan fingerprint density at radius 2 is 2.14 bits per heavy atom. The summed E-state index contributed by atoms with van der Waals surface area (Å²) in [6, 6.07) is 1.01. The number of piperidine rings is 1. The highest BCUT2D eigenvalue weighted by molar-refractivity contribution is 4.86. The van der Waals surface area contributed by atoms with Crippen LogP contribution in [0.5, 0.6) is 0 Å². The first-order chi connectivity index (χ1) is 6.54. The minimum Gasteiger partial charge on any atom is -0.393 e. The Balaban J connectivity index is 2.53. The van der Waals surface area contributed by atoms with Crippen LogP contribution < -0.4 is 0 Å². The molecule has 0 aromatic carbocycles. The van der Waals surface area contributed by atoms with Gasteiger partial charge in [0, 0.05) is 19.2 Å². The molecule has 84 valence electrons. The number of hydrogen-bond donors (Lipinski definition) is 1. The van der Waals surface area contributed by atoms with Gasteiger partial charge in [-0.15, -0.1) is 0 Å². The fraction of sp³-hybridized carbons (Fsp3) is 1.00. The van der Waals surface area contributed by atoms with Crippen molar-refractivity contribution in [1.29, 1.82) is 0 Å². The zero-order chi connectivity index (χ0) is 10.7. The molecule has 1 aliphatic heterocycles. The molecule has 1 N–H and O–H groups in total. The van der Waals surface area contributed by atoms with Crippen molar-refractivity contribution in [1.82, 2.24) is 4.90 Å². The van der Waals surface area contributed by atoms with Crippen molar-refractivity contribution in [3.8, 4) is 0 Å². The van der Waals surface area contributed by atoms with Gasteiger partial charge in [0.1, 0.15) is 0 Å². The van der Waals surface area contributed by atoms with Crippen LogP contribution in [0.25, 0.3) is 0 Å². The van der Waals surface area contributed by atoms with Gasteiger partial charge in [-0.2, -0.15) is 0 Å². The Hall–Kier alpha value is -0.120. The van der Waals surface area contributed by atoms with E-state index in [9.17, 15) is 5.11 Å². The Morgan fingerprint density at radius 1 is 1.50 bits per heavy atom. The lowest BCUT2D eigenvalue weighted by molar-refractivity contribution is -0.0177. The van der Waals surface area contributed by atoms with Crippen LogP contribution in [0.2, 0.25) is 0 Å². The Kier molecular flexibility index (Phi) is 4.35. The first-order valence-electron chi connectivity index (χ1n) is 5.47. The van der Waals surface area contributed by atoms with Crippen molar-refractivity contribution in [2.75, 3.05) is 14.2 Å². The lowest BCUT2D eigenvalue weighted by Crippen LogP contribution is -2.48. The molecule has 0 aromatic rings. The number of ether oxygens (including phenoxy) is 1. The second-order valence-electron chi connectivity index (χ2n) is 4.58. The summed E-state index contributed by atoms with van der Waals surface area (Å²) in [7, 11) is 3.92. The summed E-state index contributed by atoms with van der Waals surface area (Å²) in [5.41, 5.74) is 0. The number of methoxy groups -OCH3 is 1. The number of nitrogens with zero attached hydrogens (tertiary/aromatic N) is 1. The van der Waals surface area contributed by atoms with Gasteiger partial charge in [-0.25, -0.2) is 0 Å². The topological polar surface area (TPSA) is 32.7 Å². The molecular formula is C11H23NO2. The molecular weight excluding hydrogens is 178 g/mol. The molecule has 0 amide bonds. The van der Waals surface area contributed by atoms with Gasteiger partial charge in [-0.05, 0) is 40.2 Å². The molecule has 1 fully saturated rings. The van der Waals surface area contributed by atoms with Gasteiger partial charge >= 0.3 is 0 Å². The summed E-state index contributed by atoms with van der Waals surface area (Å²) in [5.74, 6) is 0. The van der Waals surface area contributed by atoms with Gasteiger partial charge in [0.05, 0.1) is 12.2 Å². The second kappa shape index (κ2) is 5.10. The van der Waals surface area contributed by atoms with E-state index in [1.54, 1.807) is 7.11 Å². The van der Waals surface area contributed by atoms with Gasteiger partial charge in [0.25, 0.3) is 0 Å². The van der Waals surface area contributed by atoms with Crippen LogP contribution in [0.15, 0.2) is 0 Å². The Morgan fingerprint density at radius 3 is 2.64 bits per heavy atom. The maximum absolute atomic E-state index is 9.40. The summed E-state index contributed by atoms with van der Waals surface area (Å²) in [5, 5.41) is 9.40. The van der Waals surface area contributed by atoms with Crippen LogP contribution in [0.1, 0.15) is 33.1 Å². The van der Waals surface area contributed by atoms with Gasteiger partial charge in [0.2, 0.25) is 0 Å². The summed E-state index contributed by atoms with van der Waals surface area (Å²) in [6.07, 6.45) is 3.14. The van der Waals surface area contributed by atoms with Crippen molar-refractivity contribution < 1.29 is 9.84 Å². The number of aliphatic hydroxyl groups excluding tert-OH is 1. The smallest absolute Gasteiger partial charge is 0.0601 e. The van der Waals surface area contributed by atoms with E-state index in [1.165, 1.54) is 0 Å². The van der Waals surface area contributed by atoms with E-state index in [1.807, 2.05) is 6.92 Å². The first-order valence-corrected chi connectivity index (χ1v) is 5.47. The van der Waals surface area contributed by atoms with Crippen LogP contribution in [0, 0.1) is 0 Å². The highest BCUT2D eigenvalue weighted by Crippen LogP contribution is 2.25. The summed E-state index contributed by atoms with van der Waals surface area (Å²) < 4.78 is 5.41. The molecule has 0 aliphatic carbocycles. The quantitative estimate of drug-likeness (QED) is 0.746. The predicted octanol–water partition coefficient (Wildman–Crippen LogP) is 1.25. The molecule has 0 radical (unpaired) electrons. The summed E-state index contributed by atoms with van der Waals surface area (Å²) in [4.78, 5) is 2.36. The maximum atomic E-state index is 9.40. The van der Waals surface area contributed by atoms with Crippen molar-refractivity contribution in [2.45, 2.75) is 57.4 Å². The lowest BCUT2D eigenvalue weighted by Gasteiger charge is -2.41. The molecule has 4 unspecified atom stereocenters. The number of aliphatic hydroxyl groups is 1. The van der Waals surface area contributed by atoms with Crippen molar-refractivity contribution in [3.63, 3.8) is 0 Å². The Labute approximate surface area is 87.1 Å². The maximum Gasteiger partial charge on any atom is 0.0601 e. The molecule has 3 nitrogen and oxygen atoms in total. The third kappa shape index (κ3) is 2.94. The van der Waals surface area contributed by atoms with Crippen molar-refractivity contribution in [2.24, 2.45) is 0 Å². The molecule has 1 heterocycles. The molecule has 1 aliphatic rings. The monoisotopic (exact) mass is 201 g/mol. The minimum atomic E-state index is -0.217. The van der Waals surface area contributed by atoms with E-state index in [0.29, 0.717) is 18.2 Å². The highest BCUT2D eigenvalue weighted by Gasteiger charge is 2.31. The Bertz CT molecular complexity index is 173. The normalized spacial score (nSPS) is 37.1. The third-order valence-electron chi connectivity index (χ3n) is 3.36. The van der Waals surface area contributed by atoms with Crippen molar-refractivity contribution >= 4 is 0 Å². The van der Waals surface area contributed by atoms with Gasteiger partial charge in [-0.3, -0.25) is 0 Å². The van der Waals surface area contributed by atoms with E-state index in [0.717, 1.165) is 19.3 Å². The van der Waals surface area contributed by atoms with Crippen LogP contribution >= 0.6 is 0 Å². The average Bonchev–Trinajstić information content (AvgIpc) is 2.11. The van der Waals surface area contributed by atoms with Gasteiger partial charge in [-0.1, -0.05) is 0 Å². The summed E-state index contributed by atoms with van der Waals surface area (Å²) in [6.45, 7) is 4.08. The van der Waals surface area contributed by atoms with E-state index in [-0.39, 0.29) is 6.10 Å². The average molecular weight is 201 g/mol. The molecule has 3 heteroatoms. The highest BCUT2D eigenvalue weighted by atomic mass is 16.5. The molecule has 4 atom stereocenters. The molecule has 0 saturated carbocycles. The predicted molar refractivity (Wildman–Crippen MR) is 57.3 cm³/mol. The van der Waals surface area contributed by atoms with Gasteiger partial charge in [0.15, 0.2) is 0 Å². The molecule has 0 bridgehead atoms. The van der Waals surface area contributed by atoms with Gasteiger partial charge < -0.3 is 14.7 Å². The minimum absolute atomic E-state index is 0.217. The fourth-order valence-corrected chi connectivity index (χ4v) is 2.32. The van der Waals surface area contributed by atoms with Crippen molar-refractivity contribution in [3.05, 3.63) is 0 Å². The molecule has 1 saturated heterocycles. The van der Waals surface area contributed by atoms with Crippen LogP contribution in [0.3, 0.4) is 0 Å². The molecule has 1 rings (SSSR count). The molecule has 14 heavy (non-hydrogen) atoms. The first kappa shape index (κ1) is 12.0. The van der Waals surface area contributed by atoms with Crippen LogP contribution in [0.4, 0.5) is 0 Å². The SMILES string of the molecule is COC1CC(C)N(C)C(CC(C)O)C1. The molecule has 0 aromatic heterocycles. The standard InChI is InChI=1S/C11H23NO2/c1-8-5-11(14-4)7-10(12(8)3)6-9(2)13/h8-11,13H,5-7H2,1-4H3. The van der Waals surface area contributed by atoms with E-state index in [2.05, 4.69) is 18.9 Å². The zero-order valence-electron chi connectivity index (χ0n) is 9.73. The van der Waals surface area contributed by atoms with E-state index >= 15 is 0 Å². The third-order valence-corrected chi connectivity index (χ3v) is 3.36. The largest absolute Gasteiger partial charge is 0.393 e. The number of likely N-dealkylation sites (tertiary alicyclic amines) is 1. The zero-order valence-corrected chi connectivity index (χ0v) is 9.73. The van der Waals surface area contributed by atoms with Crippen LogP contribution in [-0.4, -0.2) is 48.5 Å². The lowest BCUT2D eigenvalue weighted by atomic mass is 9.91. The molecule has 0 spiro atoms. The van der Waals surface area contributed by atoms with Crippen LogP contribution in [-0.2, 0) is 4.74 Å². The number of hydrogen-bond acceptors (Lipinski definition) is 3. The van der Waals surface area contributed by atoms with E-state index < -0.39 is 0 Å².